The van der Waals surface area contributed by atoms with Crippen molar-refractivity contribution in [2.24, 2.45) is 0 Å². The number of carbonyl (C=O) groups is 3. The monoisotopic (exact) mass is 338 g/mol. The third-order valence-corrected chi connectivity index (χ3v) is 3.74. The molecular formula is C20H22N2O3. The molecule has 0 aliphatic carbocycles. The summed E-state index contributed by atoms with van der Waals surface area (Å²) < 4.78 is 0. The molecule has 0 saturated carbocycles. The van der Waals surface area contributed by atoms with Crippen LogP contribution in [0, 0.1) is 6.92 Å². The lowest BCUT2D eigenvalue weighted by Gasteiger charge is -2.11. The van der Waals surface area contributed by atoms with Crippen molar-refractivity contribution >= 4 is 29.0 Å². The first-order valence-electron chi connectivity index (χ1n) is 8.22. The van der Waals surface area contributed by atoms with Crippen LogP contribution >= 0.6 is 0 Å². The number of hydrogen-bond acceptors (Lipinski definition) is 3. The molecule has 5 heteroatoms. The third kappa shape index (κ3) is 5.88. The third-order valence-electron chi connectivity index (χ3n) is 3.74. The molecule has 2 aromatic rings. The standard InChI is InChI=1S/C20H22N2O3/c1-14-11-12-17(21-15(2)23)13-18(14)22-20(25)10-6-9-19(24)16-7-4-3-5-8-16/h3-5,7-8,11-13H,6,9-10H2,1-2H3,(H,21,23)(H,22,25). The van der Waals surface area contributed by atoms with Gasteiger partial charge in [-0.3, -0.25) is 14.4 Å². The quantitative estimate of drug-likeness (QED) is 0.751. The first kappa shape index (κ1) is 18.4. The van der Waals surface area contributed by atoms with Gasteiger partial charge in [-0.15, -0.1) is 0 Å². The molecule has 0 unspecified atom stereocenters. The van der Waals surface area contributed by atoms with E-state index in [2.05, 4.69) is 10.6 Å². The maximum absolute atomic E-state index is 12.1. The minimum absolute atomic E-state index is 0.0391. The first-order valence-corrected chi connectivity index (χ1v) is 8.22. The molecule has 0 heterocycles. The maximum Gasteiger partial charge on any atom is 0.224 e. The molecular weight excluding hydrogens is 316 g/mol. The van der Waals surface area contributed by atoms with Gasteiger partial charge in [-0.25, -0.2) is 0 Å². The largest absolute Gasteiger partial charge is 0.326 e. The number of ketones is 1. The second kappa shape index (κ2) is 8.78. The highest BCUT2D eigenvalue weighted by atomic mass is 16.2. The summed E-state index contributed by atoms with van der Waals surface area (Å²) in [6.07, 6.45) is 1.09. The Morgan fingerprint density at radius 1 is 0.920 bits per heavy atom. The van der Waals surface area contributed by atoms with Crippen LogP contribution in [0.1, 0.15) is 42.1 Å². The first-order chi connectivity index (χ1) is 12.0. The smallest absolute Gasteiger partial charge is 0.224 e. The van der Waals surface area contributed by atoms with Gasteiger partial charge in [0.1, 0.15) is 0 Å². The molecule has 0 fully saturated rings. The molecule has 0 aliphatic heterocycles. The molecule has 2 amide bonds. The molecule has 0 aliphatic rings. The van der Waals surface area contributed by atoms with Crippen LogP contribution in [-0.4, -0.2) is 17.6 Å². The lowest BCUT2D eigenvalue weighted by molar-refractivity contribution is -0.116. The Morgan fingerprint density at radius 2 is 1.64 bits per heavy atom. The molecule has 2 rings (SSSR count). The molecule has 0 saturated heterocycles. The van der Waals surface area contributed by atoms with E-state index in [4.69, 9.17) is 0 Å². The van der Waals surface area contributed by atoms with E-state index in [0.717, 1.165) is 5.56 Å². The lowest BCUT2D eigenvalue weighted by Crippen LogP contribution is -2.13. The minimum Gasteiger partial charge on any atom is -0.326 e. The average molecular weight is 338 g/mol. The molecule has 2 aromatic carbocycles. The second-order valence-electron chi connectivity index (χ2n) is 5.90. The van der Waals surface area contributed by atoms with Gasteiger partial charge in [-0.2, -0.15) is 0 Å². The summed E-state index contributed by atoms with van der Waals surface area (Å²) in [6, 6.07) is 14.4. The number of benzene rings is 2. The van der Waals surface area contributed by atoms with Crippen LogP contribution in [0.3, 0.4) is 0 Å². The zero-order valence-corrected chi connectivity index (χ0v) is 14.5. The maximum atomic E-state index is 12.1. The van der Waals surface area contributed by atoms with Crippen molar-refractivity contribution in [2.75, 3.05) is 10.6 Å². The summed E-state index contributed by atoms with van der Waals surface area (Å²) in [5.74, 6) is -0.276. The molecule has 0 spiro atoms. The van der Waals surface area contributed by atoms with Gasteiger partial charge in [-0.05, 0) is 31.0 Å². The SMILES string of the molecule is CC(=O)Nc1ccc(C)c(NC(=O)CCCC(=O)c2ccccc2)c1. The highest BCUT2D eigenvalue weighted by Gasteiger charge is 2.09. The fraction of sp³-hybridized carbons (Fsp3) is 0.250. The molecule has 25 heavy (non-hydrogen) atoms. The number of Topliss-reactive ketones (excluding diaryl/α,β-unsaturated/α-hetero) is 1. The predicted molar refractivity (Wildman–Crippen MR) is 98.7 cm³/mol. The van der Waals surface area contributed by atoms with Crippen molar-refractivity contribution in [1.29, 1.82) is 0 Å². The average Bonchev–Trinajstić information content (AvgIpc) is 2.58. The van der Waals surface area contributed by atoms with Crippen LogP contribution in [0.5, 0.6) is 0 Å². The number of rotatable bonds is 7. The van der Waals surface area contributed by atoms with Crippen LogP contribution in [-0.2, 0) is 9.59 Å². The normalized spacial score (nSPS) is 10.2. The fourth-order valence-electron chi connectivity index (χ4n) is 2.43. The van der Waals surface area contributed by atoms with E-state index in [0.29, 0.717) is 29.8 Å². The van der Waals surface area contributed by atoms with Crippen molar-refractivity contribution in [1.82, 2.24) is 0 Å². The molecule has 130 valence electrons. The highest BCUT2D eigenvalue weighted by molar-refractivity contribution is 5.97. The molecule has 0 atom stereocenters. The summed E-state index contributed by atoms with van der Waals surface area (Å²) in [6.45, 7) is 3.31. The second-order valence-corrected chi connectivity index (χ2v) is 5.90. The van der Waals surface area contributed by atoms with E-state index in [-0.39, 0.29) is 24.0 Å². The van der Waals surface area contributed by atoms with Gasteiger partial charge in [0, 0.05) is 36.7 Å². The van der Waals surface area contributed by atoms with Crippen molar-refractivity contribution in [3.63, 3.8) is 0 Å². The highest BCUT2D eigenvalue weighted by Crippen LogP contribution is 2.20. The number of nitrogens with one attached hydrogen (secondary N) is 2. The van der Waals surface area contributed by atoms with Gasteiger partial charge in [0.05, 0.1) is 0 Å². The number of anilines is 2. The zero-order chi connectivity index (χ0) is 18.2. The fourth-order valence-corrected chi connectivity index (χ4v) is 2.43. The minimum atomic E-state index is -0.166. The van der Waals surface area contributed by atoms with Crippen LogP contribution < -0.4 is 10.6 Å². The Hall–Kier alpha value is -2.95. The molecule has 0 bridgehead atoms. The molecule has 0 radical (unpaired) electrons. The van der Waals surface area contributed by atoms with E-state index in [1.165, 1.54) is 6.92 Å². The summed E-state index contributed by atoms with van der Waals surface area (Å²) in [5, 5.41) is 5.52. The topological polar surface area (TPSA) is 75.3 Å². The van der Waals surface area contributed by atoms with Gasteiger partial charge < -0.3 is 10.6 Å². The van der Waals surface area contributed by atoms with Crippen LogP contribution in [0.25, 0.3) is 0 Å². The molecule has 5 nitrogen and oxygen atoms in total. The van der Waals surface area contributed by atoms with E-state index in [9.17, 15) is 14.4 Å². The van der Waals surface area contributed by atoms with Crippen molar-refractivity contribution < 1.29 is 14.4 Å². The van der Waals surface area contributed by atoms with E-state index < -0.39 is 0 Å². The van der Waals surface area contributed by atoms with Crippen molar-refractivity contribution in [3.8, 4) is 0 Å². The van der Waals surface area contributed by atoms with Gasteiger partial charge in [0.25, 0.3) is 0 Å². The Kier molecular flexibility index (Phi) is 6.46. The molecule has 0 aromatic heterocycles. The van der Waals surface area contributed by atoms with Gasteiger partial charge in [0.15, 0.2) is 5.78 Å². The Labute approximate surface area is 147 Å². The van der Waals surface area contributed by atoms with Crippen molar-refractivity contribution in [3.05, 3.63) is 59.7 Å². The number of carbonyl (C=O) groups excluding carboxylic acids is 3. The van der Waals surface area contributed by atoms with E-state index >= 15 is 0 Å². The lowest BCUT2D eigenvalue weighted by atomic mass is 10.1. The summed E-state index contributed by atoms with van der Waals surface area (Å²) in [7, 11) is 0. The van der Waals surface area contributed by atoms with Crippen LogP contribution in [0.2, 0.25) is 0 Å². The summed E-state index contributed by atoms with van der Waals surface area (Å²) in [5.41, 5.74) is 2.86. The van der Waals surface area contributed by atoms with E-state index in [1.54, 1.807) is 24.3 Å². The van der Waals surface area contributed by atoms with Crippen LogP contribution in [0.15, 0.2) is 48.5 Å². The summed E-state index contributed by atoms with van der Waals surface area (Å²) >= 11 is 0. The number of hydrogen-bond donors (Lipinski definition) is 2. The Balaban J connectivity index is 1.86. The number of amides is 2. The number of aryl methyl sites for hydroxylation is 1. The summed E-state index contributed by atoms with van der Waals surface area (Å²) in [4.78, 5) is 35.2. The Bertz CT molecular complexity index is 770. The van der Waals surface area contributed by atoms with E-state index in [1.807, 2.05) is 31.2 Å². The zero-order valence-electron chi connectivity index (χ0n) is 14.5. The van der Waals surface area contributed by atoms with Gasteiger partial charge in [0.2, 0.25) is 11.8 Å². The Morgan fingerprint density at radius 3 is 2.32 bits per heavy atom. The molecule has 2 N–H and O–H groups in total. The van der Waals surface area contributed by atoms with Crippen molar-refractivity contribution in [2.45, 2.75) is 33.1 Å². The predicted octanol–water partition coefficient (Wildman–Crippen LogP) is 3.95. The van der Waals surface area contributed by atoms with Gasteiger partial charge in [-0.1, -0.05) is 36.4 Å². The van der Waals surface area contributed by atoms with Crippen LogP contribution in [0.4, 0.5) is 11.4 Å². The van der Waals surface area contributed by atoms with Gasteiger partial charge >= 0.3 is 0 Å².